The predicted molar refractivity (Wildman–Crippen MR) is 85.4 cm³/mol. The molecular formula is C13H9Cl2N3O3S. The third-order valence-corrected chi connectivity index (χ3v) is 4.07. The van der Waals surface area contributed by atoms with Crippen molar-refractivity contribution in [1.29, 1.82) is 5.26 Å². The third kappa shape index (κ3) is 3.95. The molecule has 6 nitrogen and oxygen atoms in total. The van der Waals surface area contributed by atoms with Crippen LogP contribution in [0.3, 0.4) is 0 Å². The van der Waals surface area contributed by atoms with Gasteiger partial charge in [-0.25, -0.2) is 0 Å². The van der Waals surface area contributed by atoms with Crippen LogP contribution >= 0.6 is 23.2 Å². The fraction of sp³-hybridized carbons (Fsp3) is 0. The molecule has 0 spiro atoms. The predicted octanol–water partition coefficient (Wildman–Crippen LogP) is 3.34. The second-order valence-electron chi connectivity index (χ2n) is 4.18. The maximum Gasteiger partial charge on any atom is 0.321 e. The van der Waals surface area contributed by atoms with Crippen molar-refractivity contribution >= 4 is 44.8 Å². The summed E-state index contributed by atoms with van der Waals surface area (Å²) in [6.07, 6.45) is 0. The van der Waals surface area contributed by atoms with Gasteiger partial charge in [0.2, 0.25) is 0 Å². The van der Waals surface area contributed by atoms with Gasteiger partial charge in [0.05, 0.1) is 28.0 Å². The van der Waals surface area contributed by atoms with Gasteiger partial charge in [-0.3, -0.25) is 9.44 Å². The molecule has 0 radical (unpaired) electrons. The standard InChI is InChI=1S/C13H9Cl2N3O3S/c14-9-2-4-11(10(15)6-9)17-22(20,21)18-12-3-1-8(7-16)5-13(12)19/h1-6,17-19H. The highest BCUT2D eigenvalue weighted by Crippen LogP contribution is 2.28. The highest BCUT2D eigenvalue weighted by molar-refractivity contribution is 7.94. The molecule has 9 heteroatoms. The first-order valence-corrected chi connectivity index (χ1v) is 8.03. The van der Waals surface area contributed by atoms with Crippen LogP contribution in [0.5, 0.6) is 5.75 Å². The van der Waals surface area contributed by atoms with Crippen LogP contribution in [0.4, 0.5) is 11.4 Å². The Morgan fingerprint density at radius 1 is 1.05 bits per heavy atom. The number of benzene rings is 2. The van der Waals surface area contributed by atoms with Gasteiger partial charge in [0, 0.05) is 5.02 Å². The number of nitrogens with one attached hydrogen (secondary N) is 2. The minimum absolute atomic E-state index is 0.0726. The van der Waals surface area contributed by atoms with E-state index in [0.29, 0.717) is 5.02 Å². The molecule has 0 fully saturated rings. The van der Waals surface area contributed by atoms with E-state index in [0.717, 1.165) is 6.07 Å². The molecule has 0 amide bonds. The average molecular weight is 358 g/mol. The van der Waals surface area contributed by atoms with E-state index < -0.39 is 10.2 Å². The van der Waals surface area contributed by atoms with Gasteiger partial charge in [0.25, 0.3) is 0 Å². The van der Waals surface area contributed by atoms with Crippen LogP contribution in [0, 0.1) is 11.3 Å². The highest BCUT2D eigenvalue weighted by atomic mass is 35.5. The molecule has 114 valence electrons. The average Bonchev–Trinajstić information content (AvgIpc) is 2.44. The summed E-state index contributed by atoms with van der Waals surface area (Å²) in [4.78, 5) is 0. The zero-order chi connectivity index (χ0) is 16.3. The number of halogens is 2. The molecule has 0 saturated heterocycles. The molecule has 2 rings (SSSR count). The summed E-state index contributed by atoms with van der Waals surface area (Å²) in [5.74, 6) is -0.369. The van der Waals surface area contributed by atoms with Crippen molar-refractivity contribution in [3.63, 3.8) is 0 Å². The molecule has 0 aliphatic rings. The molecular weight excluding hydrogens is 349 g/mol. The Morgan fingerprint density at radius 2 is 1.68 bits per heavy atom. The smallest absolute Gasteiger partial charge is 0.321 e. The summed E-state index contributed by atoms with van der Waals surface area (Å²) in [6.45, 7) is 0. The van der Waals surface area contributed by atoms with E-state index in [2.05, 4.69) is 9.44 Å². The molecule has 22 heavy (non-hydrogen) atoms. The molecule has 0 unspecified atom stereocenters. The summed E-state index contributed by atoms with van der Waals surface area (Å²) >= 11 is 11.6. The van der Waals surface area contributed by atoms with Crippen LogP contribution in [0.2, 0.25) is 10.0 Å². The lowest BCUT2D eigenvalue weighted by Gasteiger charge is -2.12. The Balaban J connectivity index is 2.23. The van der Waals surface area contributed by atoms with Gasteiger partial charge in [0.1, 0.15) is 5.75 Å². The molecule has 0 atom stereocenters. The first kappa shape index (κ1) is 16.2. The quantitative estimate of drug-likeness (QED) is 0.730. The van der Waals surface area contributed by atoms with Gasteiger partial charge < -0.3 is 5.11 Å². The summed E-state index contributed by atoms with van der Waals surface area (Å²) in [6, 6.07) is 9.89. The first-order chi connectivity index (χ1) is 10.3. The molecule has 0 heterocycles. The SMILES string of the molecule is N#Cc1ccc(NS(=O)(=O)Nc2ccc(Cl)cc2Cl)c(O)c1. The molecule has 3 N–H and O–H groups in total. The van der Waals surface area contributed by atoms with E-state index in [-0.39, 0.29) is 27.7 Å². The van der Waals surface area contributed by atoms with Crippen molar-refractivity contribution in [3.8, 4) is 11.8 Å². The third-order valence-electron chi connectivity index (χ3n) is 2.55. The molecule has 0 aromatic heterocycles. The van der Waals surface area contributed by atoms with Gasteiger partial charge in [-0.2, -0.15) is 13.7 Å². The van der Waals surface area contributed by atoms with Crippen molar-refractivity contribution in [1.82, 2.24) is 0 Å². The van der Waals surface area contributed by atoms with Crippen LogP contribution in [0.15, 0.2) is 36.4 Å². The number of nitriles is 1. The minimum atomic E-state index is -4.04. The first-order valence-electron chi connectivity index (χ1n) is 5.79. The van der Waals surface area contributed by atoms with Gasteiger partial charge in [-0.15, -0.1) is 0 Å². The summed E-state index contributed by atoms with van der Waals surface area (Å²) < 4.78 is 28.4. The largest absolute Gasteiger partial charge is 0.506 e. The molecule has 0 bridgehead atoms. The molecule has 0 aliphatic heterocycles. The molecule has 0 aliphatic carbocycles. The van der Waals surface area contributed by atoms with Gasteiger partial charge in [-0.1, -0.05) is 23.2 Å². The number of nitrogens with zero attached hydrogens (tertiary/aromatic N) is 1. The van der Waals surface area contributed by atoms with E-state index in [1.165, 1.54) is 30.3 Å². The van der Waals surface area contributed by atoms with E-state index in [4.69, 9.17) is 28.5 Å². The van der Waals surface area contributed by atoms with Gasteiger partial charge in [-0.05, 0) is 36.4 Å². The summed E-state index contributed by atoms with van der Waals surface area (Å²) in [5.41, 5.74) is 0.262. The van der Waals surface area contributed by atoms with E-state index in [1.807, 2.05) is 6.07 Å². The molecule has 2 aromatic rings. The van der Waals surface area contributed by atoms with E-state index >= 15 is 0 Å². The van der Waals surface area contributed by atoms with Crippen LogP contribution in [-0.2, 0) is 10.2 Å². The van der Waals surface area contributed by atoms with Crippen molar-refractivity contribution in [2.75, 3.05) is 9.44 Å². The van der Waals surface area contributed by atoms with Crippen molar-refractivity contribution < 1.29 is 13.5 Å². The summed E-state index contributed by atoms with van der Waals surface area (Å²) in [7, 11) is -4.04. The number of phenolic OH excluding ortho intramolecular Hbond substituents is 1. The Labute approximate surface area is 137 Å². The maximum absolute atomic E-state index is 12.0. The lowest BCUT2D eigenvalue weighted by atomic mass is 10.2. The number of anilines is 2. The second kappa shape index (κ2) is 6.32. The monoisotopic (exact) mass is 357 g/mol. The topological polar surface area (TPSA) is 102 Å². The Bertz CT molecular complexity index is 863. The zero-order valence-corrected chi connectivity index (χ0v) is 13.2. The second-order valence-corrected chi connectivity index (χ2v) is 6.43. The number of rotatable bonds is 4. The van der Waals surface area contributed by atoms with Crippen molar-refractivity contribution in [2.24, 2.45) is 0 Å². The van der Waals surface area contributed by atoms with Crippen molar-refractivity contribution in [2.45, 2.75) is 0 Å². The lowest BCUT2D eigenvalue weighted by molar-refractivity contribution is 0.477. The van der Waals surface area contributed by atoms with E-state index in [9.17, 15) is 13.5 Å². The maximum atomic E-state index is 12.0. The summed E-state index contributed by atoms with van der Waals surface area (Å²) in [5, 5.41) is 18.9. The Hall–Kier alpha value is -2.14. The van der Waals surface area contributed by atoms with Crippen LogP contribution in [0.25, 0.3) is 0 Å². The molecule has 0 saturated carbocycles. The fourth-order valence-electron chi connectivity index (χ4n) is 1.57. The minimum Gasteiger partial charge on any atom is -0.506 e. The van der Waals surface area contributed by atoms with Crippen LogP contribution in [0.1, 0.15) is 5.56 Å². The number of aromatic hydroxyl groups is 1. The Morgan fingerprint density at radius 3 is 2.27 bits per heavy atom. The number of hydrogen-bond donors (Lipinski definition) is 3. The van der Waals surface area contributed by atoms with Crippen LogP contribution < -0.4 is 9.44 Å². The normalized spacial score (nSPS) is 10.8. The fourth-order valence-corrected chi connectivity index (χ4v) is 3.07. The van der Waals surface area contributed by atoms with Gasteiger partial charge >= 0.3 is 10.2 Å². The lowest BCUT2D eigenvalue weighted by Crippen LogP contribution is -2.21. The number of phenols is 1. The van der Waals surface area contributed by atoms with Crippen molar-refractivity contribution in [3.05, 3.63) is 52.0 Å². The Kier molecular flexibility index (Phi) is 4.66. The molecule has 2 aromatic carbocycles. The van der Waals surface area contributed by atoms with Gasteiger partial charge in [0.15, 0.2) is 0 Å². The highest BCUT2D eigenvalue weighted by Gasteiger charge is 2.15. The zero-order valence-electron chi connectivity index (χ0n) is 10.8. The van der Waals surface area contributed by atoms with E-state index in [1.54, 1.807) is 0 Å². The number of hydrogen-bond acceptors (Lipinski definition) is 4. The van der Waals surface area contributed by atoms with Crippen LogP contribution in [-0.4, -0.2) is 13.5 Å².